The van der Waals surface area contributed by atoms with Crippen molar-refractivity contribution in [1.29, 1.82) is 0 Å². The fraction of sp³-hybridized carbons (Fsp3) is 0.167. The number of carbonyl (C=O) groups excluding carboxylic acids is 2. The van der Waals surface area contributed by atoms with Crippen molar-refractivity contribution in [2.24, 2.45) is 0 Å². The Bertz CT molecular complexity index is 376. The standard InChI is InChI=1S/2C5H5.2CH3NO.2ClH.Ga.Zr.H/c2*1-2-4-5-3-1;2*2-1-3;;;;;/h2*1-3H,4H2;2*1H,(H2,2,3);2*1H;;;/q;;;;;;+2;;/p-2. The van der Waals surface area contributed by atoms with E-state index < -0.39 is 17.9 Å². The Balaban J connectivity index is 0. The summed E-state index contributed by atoms with van der Waals surface area (Å²) >= 11 is -1.50. The fourth-order valence-electron chi connectivity index (χ4n) is 1.43. The van der Waals surface area contributed by atoms with Crippen LogP contribution in [0.3, 0.4) is 0 Å². The third-order valence-corrected chi connectivity index (χ3v) is 7.19. The Labute approximate surface area is 151 Å². The van der Waals surface area contributed by atoms with Gasteiger partial charge in [-0.05, 0) is 0 Å². The van der Waals surface area contributed by atoms with Crippen molar-refractivity contribution in [2.75, 3.05) is 0 Å². The van der Waals surface area contributed by atoms with Crippen molar-refractivity contribution in [2.45, 2.75) is 12.8 Å². The molecular formula is C12H17Cl2GaN2O2Zr. The number of halogens is 2. The van der Waals surface area contributed by atoms with Crippen molar-refractivity contribution in [3.05, 3.63) is 43.0 Å². The maximum absolute atomic E-state index is 9.46. The second-order valence-electron chi connectivity index (χ2n) is 3.59. The van der Waals surface area contributed by atoms with Gasteiger partial charge in [0.2, 0.25) is 0 Å². The van der Waals surface area contributed by atoms with E-state index in [1.54, 1.807) is 6.56 Å². The summed E-state index contributed by atoms with van der Waals surface area (Å²) in [6.07, 6.45) is 17.2. The van der Waals surface area contributed by atoms with Crippen LogP contribution in [0, 0.1) is 0 Å². The van der Waals surface area contributed by atoms with Gasteiger partial charge in [0.05, 0.1) is 0 Å². The number of carbonyl (C=O) groups is 2. The van der Waals surface area contributed by atoms with Gasteiger partial charge in [-0.15, -0.1) is 24.8 Å². The second-order valence-corrected chi connectivity index (χ2v) is 9.82. The van der Waals surface area contributed by atoms with Crippen LogP contribution in [0.1, 0.15) is 12.8 Å². The molecule has 0 aromatic rings. The van der Waals surface area contributed by atoms with Gasteiger partial charge in [0.1, 0.15) is 0 Å². The van der Waals surface area contributed by atoms with Gasteiger partial charge in [-0.2, -0.15) is 0 Å². The molecule has 0 bridgehead atoms. The number of allylic oxidation sites excluding steroid dienone is 8. The quantitative estimate of drug-likeness (QED) is 0.363. The van der Waals surface area contributed by atoms with E-state index in [1.165, 1.54) is 12.8 Å². The molecule has 0 heterocycles. The summed E-state index contributed by atoms with van der Waals surface area (Å²) in [4.78, 5) is 18.9. The van der Waals surface area contributed by atoms with E-state index in [4.69, 9.17) is 0 Å². The van der Waals surface area contributed by atoms with Crippen LogP contribution in [0.5, 0.6) is 0 Å². The molecule has 2 rings (SSSR count). The van der Waals surface area contributed by atoms with Gasteiger partial charge in [0, 0.05) is 0 Å². The van der Waals surface area contributed by atoms with Crippen LogP contribution in [0.25, 0.3) is 0 Å². The molecule has 2 aliphatic rings. The molecule has 2 aliphatic carbocycles. The van der Waals surface area contributed by atoms with E-state index in [1.807, 2.05) is 0 Å². The molecule has 0 aliphatic heterocycles. The number of hydrogen-bond donors (Lipinski definition) is 2. The summed E-state index contributed by atoms with van der Waals surface area (Å²) in [5.74, 6) is 0. The van der Waals surface area contributed by atoms with Crippen LogP contribution < -0.4 is 8.05 Å². The van der Waals surface area contributed by atoms with Crippen molar-refractivity contribution >= 4 is 55.5 Å². The molecule has 0 atom stereocenters. The first-order valence-electron chi connectivity index (χ1n) is 5.69. The minimum absolute atomic E-state index is 0. The molecule has 0 fully saturated rings. The summed E-state index contributed by atoms with van der Waals surface area (Å²) in [6.45, 7) is 0. The summed E-state index contributed by atoms with van der Waals surface area (Å²) in [5, 5.41) is 0. The monoisotopic (exact) mass is 450 g/mol. The van der Waals surface area contributed by atoms with Gasteiger partial charge >= 0.3 is 127 Å². The molecule has 2 N–H and O–H groups in total. The summed E-state index contributed by atoms with van der Waals surface area (Å²) in [5.41, 5.74) is 0. The number of hydrogen-bond acceptors (Lipinski definition) is 2. The Morgan fingerprint density at radius 3 is 1.70 bits per heavy atom. The maximum atomic E-state index is 9.46. The molecule has 0 saturated carbocycles. The number of rotatable bonds is 6. The van der Waals surface area contributed by atoms with E-state index in [0.717, 1.165) is 0 Å². The summed E-state index contributed by atoms with van der Waals surface area (Å²) in [7, 11) is 0. The molecule has 0 aromatic carbocycles. The van der Waals surface area contributed by atoms with Crippen LogP contribution >= 0.6 is 24.8 Å². The molecule has 8 heteroatoms. The van der Waals surface area contributed by atoms with E-state index in [0.29, 0.717) is 12.8 Å². The van der Waals surface area contributed by atoms with E-state index >= 15 is 0 Å². The van der Waals surface area contributed by atoms with Gasteiger partial charge in [0.25, 0.3) is 0 Å². The molecule has 0 unspecified atom stereocenters. The van der Waals surface area contributed by atoms with Crippen LogP contribution in [0.15, 0.2) is 43.0 Å². The minimum atomic E-state index is -1.18. The van der Waals surface area contributed by atoms with Crippen LogP contribution in [0.2, 0.25) is 0 Å². The molecule has 0 spiro atoms. The van der Waals surface area contributed by atoms with Crippen molar-refractivity contribution < 1.29 is 32.8 Å². The SMILES string of the molecule is C1=CC[C]([Zr][C]2=CC=CC2)=C1.Cl.Cl.O=C[NH][GaH][NH]C=O. The van der Waals surface area contributed by atoms with Crippen molar-refractivity contribution in [1.82, 2.24) is 8.05 Å². The second kappa shape index (κ2) is 15.4. The zero-order valence-corrected chi connectivity index (χ0v) is 17.9. The summed E-state index contributed by atoms with van der Waals surface area (Å²) < 4.78 is 8.28. The third-order valence-electron chi connectivity index (χ3n) is 2.23. The molecule has 108 valence electrons. The first-order valence-corrected chi connectivity index (χ1v) is 11.1. The molecule has 2 amide bonds. The van der Waals surface area contributed by atoms with Gasteiger partial charge < -0.3 is 0 Å². The fourth-order valence-corrected chi connectivity index (χ4v) is 5.00. The predicted molar refractivity (Wildman–Crippen MR) is 83.7 cm³/mol. The van der Waals surface area contributed by atoms with Crippen LogP contribution in [-0.4, -0.2) is 30.7 Å². The first kappa shape index (κ1) is 22.3. The molecule has 20 heavy (non-hydrogen) atoms. The first-order chi connectivity index (χ1) is 8.86. The third kappa shape index (κ3) is 10.7. The molecule has 0 radical (unpaired) electrons. The van der Waals surface area contributed by atoms with Crippen LogP contribution in [-0.2, 0) is 32.8 Å². The molecule has 0 saturated heterocycles. The van der Waals surface area contributed by atoms with Crippen molar-refractivity contribution in [3.63, 3.8) is 0 Å². The van der Waals surface area contributed by atoms with Crippen LogP contribution in [0.4, 0.5) is 0 Å². The average molecular weight is 453 g/mol. The normalized spacial score (nSPS) is 13.4. The molecular weight excluding hydrogens is 436 g/mol. The summed E-state index contributed by atoms with van der Waals surface area (Å²) in [6, 6.07) is 0. The Morgan fingerprint density at radius 2 is 1.40 bits per heavy atom. The van der Waals surface area contributed by atoms with Crippen molar-refractivity contribution in [3.8, 4) is 0 Å². The topological polar surface area (TPSA) is 58.2 Å². The molecule has 0 aromatic heterocycles. The van der Waals surface area contributed by atoms with E-state index in [2.05, 4.69) is 44.5 Å². The van der Waals surface area contributed by atoms with Gasteiger partial charge in [-0.25, -0.2) is 0 Å². The van der Waals surface area contributed by atoms with Gasteiger partial charge in [-0.1, -0.05) is 0 Å². The number of amides is 2. The average Bonchev–Trinajstić information content (AvgIpc) is 3.05. The Hall–Kier alpha value is -0.000519. The predicted octanol–water partition coefficient (Wildman–Crippen LogP) is 1.34. The molecule has 4 nitrogen and oxygen atoms in total. The Kier molecular flexibility index (Phi) is 17.1. The zero-order chi connectivity index (χ0) is 13.1. The van der Waals surface area contributed by atoms with E-state index in [9.17, 15) is 9.59 Å². The zero-order valence-electron chi connectivity index (χ0n) is 10.9. The number of nitrogens with one attached hydrogen (secondary N) is 2. The van der Waals surface area contributed by atoms with E-state index in [-0.39, 0.29) is 48.0 Å². The van der Waals surface area contributed by atoms with Gasteiger partial charge in [0.15, 0.2) is 0 Å². The van der Waals surface area contributed by atoms with Gasteiger partial charge in [-0.3, -0.25) is 0 Å². The Morgan fingerprint density at radius 1 is 0.950 bits per heavy atom.